The molecule has 262 valence electrons. The van der Waals surface area contributed by atoms with E-state index in [9.17, 15) is 0 Å². The van der Waals surface area contributed by atoms with Gasteiger partial charge >= 0.3 is 0 Å². The highest BCUT2D eigenvalue weighted by Crippen LogP contribution is 2.53. The smallest absolute Gasteiger partial charge is 0.164 e. The molecular weight excluding hydrogens is 683 g/mol. The maximum atomic E-state index is 5.09. The lowest BCUT2D eigenvalue weighted by Gasteiger charge is -2.27. The van der Waals surface area contributed by atoms with Gasteiger partial charge < -0.3 is 9.47 Å². The predicted molar refractivity (Wildman–Crippen MR) is 230 cm³/mol. The van der Waals surface area contributed by atoms with Gasteiger partial charge in [-0.2, -0.15) is 0 Å². The molecule has 1 aliphatic heterocycles. The fourth-order valence-corrected chi connectivity index (χ4v) is 8.29. The van der Waals surface area contributed by atoms with Gasteiger partial charge in [0.25, 0.3) is 0 Å². The molecule has 5 nitrogen and oxygen atoms in total. The lowest BCUT2D eigenvalue weighted by molar-refractivity contribution is 1.07. The third-order valence-corrected chi connectivity index (χ3v) is 10.8. The molecule has 0 unspecified atom stereocenters. The van der Waals surface area contributed by atoms with Crippen molar-refractivity contribution >= 4 is 38.9 Å². The minimum atomic E-state index is 0.632. The number of fused-ring (bicyclic) bond motifs is 9. The van der Waals surface area contributed by atoms with Crippen LogP contribution < -0.4 is 4.90 Å². The van der Waals surface area contributed by atoms with Crippen LogP contribution in [0.5, 0.6) is 0 Å². The van der Waals surface area contributed by atoms with Gasteiger partial charge in [0.15, 0.2) is 17.5 Å². The first-order valence-electron chi connectivity index (χ1n) is 18.9. The van der Waals surface area contributed by atoms with Crippen molar-refractivity contribution in [2.75, 3.05) is 4.90 Å². The summed E-state index contributed by atoms with van der Waals surface area (Å²) in [4.78, 5) is 17.5. The van der Waals surface area contributed by atoms with Crippen LogP contribution in [-0.4, -0.2) is 19.5 Å². The van der Waals surface area contributed by atoms with Gasteiger partial charge in [0.05, 0.1) is 22.4 Å². The van der Waals surface area contributed by atoms with E-state index in [1.807, 2.05) is 60.7 Å². The highest BCUT2D eigenvalue weighted by Gasteiger charge is 2.29. The Bertz CT molecular complexity index is 3010. The van der Waals surface area contributed by atoms with Crippen LogP contribution in [0.2, 0.25) is 0 Å². The summed E-state index contributed by atoms with van der Waals surface area (Å²) < 4.78 is 2.43. The van der Waals surface area contributed by atoms with Crippen molar-refractivity contribution in [2.24, 2.45) is 0 Å². The monoisotopic (exact) mass is 715 g/mol. The van der Waals surface area contributed by atoms with Crippen LogP contribution >= 0.6 is 0 Å². The first-order valence-corrected chi connectivity index (χ1v) is 18.9. The van der Waals surface area contributed by atoms with Crippen LogP contribution in [0.15, 0.2) is 200 Å². The molecule has 0 aliphatic carbocycles. The number of benzene rings is 8. The number of rotatable bonds is 5. The number of hydrogen-bond acceptors (Lipinski definition) is 4. The second-order valence-electron chi connectivity index (χ2n) is 14.0. The molecule has 1 aliphatic rings. The average Bonchev–Trinajstić information content (AvgIpc) is 3.55. The Morgan fingerprint density at radius 1 is 0.339 bits per heavy atom. The molecule has 2 aromatic heterocycles. The SMILES string of the molecule is c1ccc(-c2nc(-c3ccccc3)nc(-c3ccc4c(c3)c3ccc5c(c3n4-c3ccccc3)-c3ccccc3N(c3ccccc3)c3ccccc3-5)n2)cc1. The van der Waals surface area contributed by atoms with Crippen molar-refractivity contribution in [2.45, 2.75) is 0 Å². The van der Waals surface area contributed by atoms with E-state index in [1.165, 1.54) is 22.3 Å². The van der Waals surface area contributed by atoms with Gasteiger partial charge in [0.1, 0.15) is 0 Å². The van der Waals surface area contributed by atoms with Crippen molar-refractivity contribution in [1.82, 2.24) is 19.5 Å². The van der Waals surface area contributed by atoms with Crippen LogP contribution in [0.25, 0.3) is 83.9 Å². The molecule has 11 rings (SSSR count). The van der Waals surface area contributed by atoms with Crippen molar-refractivity contribution in [1.29, 1.82) is 0 Å². The summed E-state index contributed by atoms with van der Waals surface area (Å²) in [6.07, 6.45) is 0. The average molecular weight is 716 g/mol. The summed E-state index contributed by atoms with van der Waals surface area (Å²) in [5, 5.41) is 2.28. The molecule has 0 saturated carbocycles. The first-order chi connectivity index (χ1) is 27.8. The molecule has 0 radical (unpaired) electrons. The van der Waals surface area contributed by atoms with Crippen LogP contribution in [0, 0.1) is 0 Å². The van der Waals surface area contributed by atoms with E-state index in [-0.39, 0.29) is 0 Å². The fraction of sp³-hybridized carbons (Fsp3) is 0. The normalized spacial score (nSPS) is 11.9. The fourth-order valence-electron chi connectivity index (χ4n) is 8.29. The summed E-state index contributed by atoms with van der Waals surface area (Å²) in [6, 6.07) is 70.5. The second-order valence-corrected chi connectivity index (χ2v) is 14.0. The Balaban J connectivity index is 1.22. The molecule has 5 heteroatoms. The molecule has 8 aromatic carbocycles. The van der Waals surface area contributed by atoms with Crippen LogP contribution in [0.4, 0.5) is 17.1 Å². The Labute approximate surface area is 324 Å². The van der Waals surface area contributed by atoms with Gasteiger partial charge in [-0.1, -0.05) is 146 Å². The molecule has 0 spiro atoms. The number of nitrogens with zero attached hydrogens (tertiary/aromatic N) is 5. The van der Waals surface area contributed by atoms with Gasteiger partial charge in [-0.15, -0.1) is 0 Å². The number of para-hydroxylation sites is 4. The zero-order valence-electron chi connectivity index (χ0n) is 30.3. The van der Waals surface area contributed by atoms with Crippen LogP contribution in [-0.2, 0) is 0 Å². The van der Waals surface area contributed by atoms with Crippen LogP contribution in [0.3, 0.4) is 0 Å². The van der Waals surface area contributed by atoms with E-state index in [1.54, 1.807) is 0 Å². The van der Waals surface area contributed by atoms with E-state index in [2.05, 4.69) is 149 Å². The summed E-state index contributed by atoms with van der Waals surface area (Å²) in [5.74, 6) is 1.92. The molecule has 0 fully saturated rings. The summed E-state index contributed by atoms with van der Waals surface area (Å²) in [5.41, 5.74) is 14.3. The Morgan fingerprint density at radius 2 is 0.839 bits per heavy atom. The minimum absolute atomic E-state index is 0.632. The van der Waals surface area contributed by atoms with Gasteiger partial charge in [0.2, 0.25) is 0 Å². The number of anilines is 3. The van der Waals surface area contributed by atoms with Gasteiger partial charge in [0, 0.05) is 55.5 Å². The molecule has 0 saturated heterocycles. The molecule has 56 heavy (non-hydrogen) atoms. The van der Waals surface area contributed by atoms with E-state index in [4.69, 9.17) is 15.0 Å². The minimum Gasteiger partial charge on any atom is -0.309 e. The van der Waals surface area contributed by atoms with Gasteiger partial charge in [-0.05, 0) is 60.2 Å². The second kappa shape index (κ2) is 13.0. The Morgan fingerprint density at radius 3 is 1.46 bits per heavy atom. The van der Waals surface area contributed by atoms with Gasteiger partial charge in [-0.3, -0.25) is 0 Å². The third-order valence-electron chi connectivity index (χ3n) is 10.8. The lowest BCUT2D eigenvalue weighted by Crippen LogP contribution is -2.10. The largest absolute Gasteiger partial charge is 0.309 e. The van der Waals surface area contributed by atoms with Crippen molar-refractivity contribution in [3.8, 4) is 62.1 Å². The topological polar surface area (TPSA) is 46.8 Å². The Kier molecular flexibility index (Phi) is 7.42. The molecule has 3 heterocycles. The van der Waals surface area contributed by atoms with E-state index < -0.39 is 0 Å². The van der Waals surface area contributed by atoms with Crippen molar-refractivity contribution < 1.29 is 0 Å². The highest BCUT2D eigenvalue weighted by atomic mass is 15.2. The predicted octanol–water partition coefficient (Wildman–Crippen LogP) is 13.1. The molecule has 0 N–H and O–H groups in total. The molecule has 0 bridgehead atoms. The summed E-state index contributed by atoms with van der Waals surface area (Å²) in [7, 11) is 0. The standard InChI is InChI=1S/C51H33N5/c1-5-17-34(18-6-1)49-52-50(35-19-7-2-8-20-35)54-51(53-49)36-29-32-46-43(33-36)41-31-30-40-39-25-13-15-27-44(39)55(37-21-9-3-10-22-37)45-28-16-14-26-42(45)47(40)48(41)56(46)38-23-11-4-12-24-38/h1-33H. The molecule has 0 atom stereocenters. The summed E-state index contributed by atoms with van der Waals surface area (Å²) >= 11 is 0. The maximum absolute atomic E-state index is 5.09. The summed E-state index contributed by atoms with van der Waals surface area (Å²) in [6.45, 7) is 0. The lowest BCUT2D eigenvalue weighted by atomic mass is 9.92. The zero-order chi connectivity index (χ0) is 37.0. The van der Waals surface area contributed by atoms with E-state index >= 15 is 0 Å². The third kappa shape index (κ3) is 5.13. The molecular formula is C51H33N5. The number of aromatic nitrogens is 4. The van der Waals surface area contributed by atoms with E-state index in [0.717, 1.165) is 61.2 Å². The zero-order valence-corrected chi connectivity index (χ0v) is 30.3. The van der Waals surface area contributed by atoms with E-state index in [0.29, 0.717) is 17.5 Å². The Hall–Kier alpha value is -7.63. The molecule has 10 aromatic rings. The first kappa shape index (κ1) is 31.9. The molecule has 0 amide bonds. The quantitative estimate of drug-likeness (QED) is 0.178. The maximum Gasteiger partial charge on any atom is 0.164 e. The van der Waals surface area contributed by atoms with Crippen molar-refractivity contribution in [3.05, 3.63) is 200 Å². The van der Waals surface area contributed by atoms with Gasteiger partial charge in [-0.25, -0.2) is 15.0 Å². The van der Waals surface area contributed by atoms with Crippen molar-refractivity contribution in [3.63, 3.8) is 0 Å². The number of hydrogen-bond donors (Lipinski definition) is 0. The van der Waals surface area contributed by atoms with Crippen LogP contribution in [0.1, 0.15) is 0 Å². The highest BCUT2D eigenvalue weighted by molar-refractivity contribution is 6.19.